The van der Waals surface area contributed by atoms with Crippen molar-refractivity contribution < 1.29 is 24.0 Å². The number of methoxy groups -OCH3 is 1. The van der Waals surface area contributed by atoms with E-state index >= 15 is 0 Å². The highest BCUT2D eigenvalue weighted by molar-refractivity contribution is 6.31. The van der Waals surface area contributed by atoms with Gasteiger partial charge in [-0.25, -0.2) is 4.79 Å². The molecule has 0 radical (unpaired) electrons. The molecule has 0 heterocycles. The van der Waals surface area contributed by atoms with E-state index in [9.17, 15) is 19.7 Å². The van der Waals surface area contributed by atoms with Crippen molar-refractivity contribution in [3.63, 3.8) is 0 Å². The number of anilines is 1. The van der Waals surface area contributed by atoms with Gasteiger partial charge in [0.05, 0.1) is 12.0 Å². The lowest BCUT2D eigenvalue weighted by atomic mass is 10.1. The number of nitrogens with one attached hydrogen (secondary N) is 1. The number of esters is 1. The summed E-state index contributed by atoms with van der Waals surface area (Å²) in [6.07, 6.45) is 0. The van der Waals surface area contributed by atoms with Crippen LogP contribution in [0.2, 0.25) is 5.02 Å². The van der Waals surface area contributed by atoms with E-state index in [1.165, 1.54) is 31.4 Å². The minimum atomic E-state index is -0.806. The van der Waals surface area contributed by atoms with Gasteiger partial charge in [0.25, 0.3) is 11.6 Å². The van der Waals surface area contributed by atoms with Crippen molar-refractivity contribution in [3.8, 4) is 5.75 Å². The number of hydrogen-bond acceptors (Lipinski definition) is 6. The molecule has 0 aliphatic carbocycles. The van der Waals surface area contributed by atoms with E-state index in [2.05, 4.69) is 5.32 Å². The smallest absolute Gasteiger partial charge is 0.342 e. The summed E-state index contributed by atoms with van der Waals surface area (Å²) in [6.45, 7) is 2.87. The van der Waals surface area contributed by atoms with Gasteiger partial charge in [-0.3, -0.25) is 14.9 Å². The number of ether oxygens (including phenoxy) is 2. The molecule has 0 atom stereocenters. The molecular weight excluding hydrogens is 376 g/mol. The fraction of sp³-hybridized carbons (Fsp3) is 0.222. The summed E-state index contributed by atoms with van der Waals surface area (Å²) in [7, 11) is 1.38. The molecule has 0 saturated heterocycles. The minimum Gasteiger partial charge on any atom is -0.496 e. The summed E-state index contributed by atoms with van der Waals surface area (Å²) >= 11 is 5.86. The second-order valence-electron chi connectivity index (χ2n) is 5.68. The zero-order chi connectivity index (χ0) is 20.1. The van der Waals surface area contributed by atoms with E-state index in [1.807, 2.05) is 0 Å². The zero-order valence-electron chi connectivity index (χ0n) is 14.9. The number of aryl methyl sites for hydroxylation is 2. The van der Waals surface area contributed by atoms with Crippen LogP contribution in [0, 0.1) is 24.0 Å². The molecule has 0 aliphatic heterocycles. The molecule has 27 heavy (non-hydrogen) atoms. The third kappa shape index (κ3) is 4.95. The highest BCUT2D eigenvalue weighted by Gasteiger charge is 2.20. The van der Waals surface area contributed by atoms with E-state index in [-0.39, 0.29) is 22.7 Å². The number of benzene rings is 2. The lowest BCUT2D eigenvalue weighted by Gasteiger charge is -2.11. The summed E-state index contributed by atoms with van der Waals surface area (Å²) in [5.41, 5.74) is 1.35. The first kappa shape index (κ1) is 20.2. The monoisotopic (exact) mass is 392 g/mol. The van der Waals surface area contributed by atoms with Gasteiger partial charge in [-0.1, -0.05) is 11.6 Å². The Morgan fingerprint density at radius 2 is 1.85 bits per heavy atom. The van der Waals surface area contributed by atoms with Gasteiger partial charge in [-0.15, -0.1) is 0 Å². The summed E-state index contributed by atoms with van der Waals surface area (Å²) in [5, 5.41) is 13.9. The van der Waals surface area contributed by atoms with Crippen molar-refractivity contribution in [1.29, 1.82) is 0 Å². The third-order valence-electron chi connectivity index (χ3n) is 3.80. The van der Waals surface area contributed by atoms with Crippen molar-refractivity contribution in [2.75, 3.05) is 19.0 Å². The van der Waals surface area contributed by atoms with Crippen LogP contribution in [0.3, 0.4) is 0 Å². The molecule has 1 amide bonds. The van der Waals surface area contributed by atoms with Crippen molar-refractivity contribution >= 4 is 34.9 Å². The first-order valence-corrected chi connectivity index (χ1v) is 8.17. The van der Waals surface area contributed by atoms with Crippen molar-refractivity contribution in [1.82, 2.24) is 0 Å². The van der Waals surface area contributed by atoms with E-state index in [0.29, 0.717) is 5.02 Å². The molecule has 0 spiro atoms. The fourth-order valence-electron chi connectivity index (χ4n) is 2.29. The van der Waals surface area contributed by atoms with Crippen LogP contribution >= 0.6 is 11.6 Å². The van der Waals surface area contributed by atoms with Crippen LogP contribution in [0.4, 0.5) is 11.4 Å². The number of hydrogen-bond donors (Lipinski definition) is 1. The van der Waals surface area contributed by atoms with Gasteiger partial charge in [-0.2, -0.15) is 0 Å². The summed E-state index contributed by atoms with van der Waals surface area (Å²) in [6, 6.07) is 7.26. The molecule has 8 nitrogen and oxygen atoms in total. The van der Waals surface area contributed by atoms with Gasteiger partial charge in [0.2, 0.25) is 0 Å². The Kier molecular flexibility index (Phi) is 6.36. The van der Waals surface area contributed by atoms with E-state index in [1.54, 1.807) is 19.9 Å². The third-order valence-corrected chi connectivity index (χ3v) is 4.03. The maximum absolute atomic E-state index is 12.2. The largest absolute Gasteiger partial charge is 0.496 e. The first-order valence-electron chi connectivity index (χ1n) is 7.79. The van der Waals surface area contributed by atoms with Crippen LogP contribution in [0.1, 0.15) is 21.5 Å². The second-order valence-corrected chi connectivity index (χ2v) is 6.12. The average Bonchev–Trinajstić information content (AvgIpc) is 2.62. The zero-order valence-corrected chi connectivity index (χ0v) is 15.6. The molecule has 1 N–H and O–H groups in total. The number of rotatable bonds is 6. The van der Waals surface area contributed by atoms with Crippen molar-refractivity contribution in [2.45, 2.75) is 13.8 Å². The van der Waals surface area contributed by atoms with Crippen LogP contribution in [0.5, 0.6) is 5.75 Å². The standard InChI is InChI=1S/C18H17ClN2O6/c1-10-6-14(15(21(24)25)7-11(10)2)20-17(22)9-27-18(23)13-8-12(19)4-5-16(13)26-3/h4-8H,9H2,1-3H3,(H,20,22). The Labute approximate surface area is 160 Å². The average molecular weight is 393 g/mol. The Hall–Kier alpha value is -3.13. The Bertz CT molecular complexity index is 913. The number of carbonyl (C=O) groups excluding carboxylic acids is 2. The Balaban J connectivity index is 2.09. The molecule has 142 valence electrons. The summed E-state index contributed by atoms with van der Waals surface area (Å²) < 4.78 is 10.0. The van der Waals surface area contributed by atoms with Crippen molar-refractivity contribution in [3.05, 3.63) is 62.2 Å². The number of nitro groups is 1. The molecule has 2 aromatic rings. The first-order chi connectivity index (χ1) is 12.7. The topological polar surface area (TPSA) is 108 Å². The molecular formula is C18H17ClN2O6. The highest BCUT2D eigenvalue weighted by Crippen LogP contribution is 2.28. The molecule has 0 aromatic heterocycles. The highest BCUT2D eigenvalue weighted by atomic mass is 35.5. The number of nitro benzene ring substituents is 1. The van der Waals surface area contributed by atoms with Crippen LogP contribution in [-0.4, -0.2) is 30.5 Å². The molecule has 0 aliphatic rings. The SMILES string of the molecule is COc1ccc(Cl)cc1C(=O)OCC(=O)Nc1cc(C)c(C)cc1[N+](=O)[O-]. The van der Waals surface area contributed by atoms with Crippen LogP contribution in [0.15, 0.2) is 30.3 Å². The summed E-state index contributed by atoms with van der Waals surface area (Å²) in [4.78, 5) is 34.8. The van der Waals surface area contributed by atoms with Gasteiger partial charge >= 0.3 is 5.97 Å². The molecule has 0 bridgehead atoms. The van der Waals surface area contributed by atoms with Crippen molar-refractivity contribution in [2.24, 2.45) is 0 Å². The maximum Gasteiger partial charge on any atom is 0.342 e. The predicted molar refractivity (Wildman–Crippen MR) is 99.5 cm³/mol. The number of halogens is 1. The predicted octanol–water partition coefficient (Wildman–Crippen LogP) is 3.67. The molecule has 9 heteroatoms. The normalized spacial score (nSPS) is 10.2. The van der Waals surface area contributed by atoms with Gasteiger partial charge in [0.1, 0.15) is 17.0 Å². The van der Waals surface area contributed by atoms with Gasteiger partial charge in [0.15, 0.2) is 6.61 Å². The van der Waals surface area contributed by atoms with E-state index in [4.69, 9.17) is 21.1 Å². The quantitative estimate of drug-likeness (QED) is 0.456. The Morgan fingerprint density at radius 1 is 1.19 bits per heavy atom. The fourth-order valence-corrected chi connectivity index (χ4v) is 2.46. The number of carbonyl (C=O) groups is 2. The summed E-state index contributed by atoms with van der Waals surface area (Å²) in [5.74, 6) is -1.27. The number of nitrogens with zero attached hydrogens (tertiary/aromatic N) is 1. The van der Waals surface area contributed by atoms with Crippen LogP contribution in [-0.2, 0) is 9.53 Å². The van der Waals surface area contributed by atoms with Crippen LogP contribution in [0.25, 0.3) is 0 Å². The van der Waals surface area contributed by atoms with Gasteiger partial charge < -0.3 is 14.8 Å². The van der Waals surface area contributed by atoms with E-state index in [0.717, 1.165) is 11.1 Å². The van der Waals surface area contributed by atoms with E-state index < -0.39 is 23.4 Å². The second kappa shape index (κ2) is 8.50. The maximum atomic E-state index is 12.2. The molecule has 0 unspecified atom stereocenters. The Morgan fingerprint density at radius 3 is 2.48 bits per heavy atom. The van der Waals surface area contributed by atoms with Crippen LogP contribution < -0.4 is 10.1 Å². The molecule has 2 rings (SSSR count). The van der Waals surface area contributed by atoms with Gasteiger partial charge in [0, 0.05) is 11.1 Å². The van der Waals surface area contributed by atoms with Gasteiger partial charge in [-0.05, 0) is 49.2 Å². The lowest BCUT2D eigenvalue weighted by Crippen LogP contribution is -2.21. The molecule has 0 fully saturated rings. The molecule has 0 saturated carbocycles. The number of amides is 1. The lowest BCUT2D eigenvalue weighted by molar-refractivity contribution is -0.384. The molecule has 2 aromatic carbocycles. The minimum absolute atomic E-state index is 0.0319.